The molecular formula is C31H42N8O8. The first-order valence-electron chi connectivity index (χ1n) is 14.8. The highest BCUT2D eigenvalue weighted by Gasteiger charge is 2.31. The lowest BCUT2D eigenvalue weighted by molar-refractivity contribution is -0.138. The molecule has 2 aromatic carbocycles. The van der Waals surface area contributed by atoms with Gasteiger partial charge in [-0.05, 0) is 42.5 Å². The lowest BCUT2D eigenvalue weighted by Gasteiger charge is -2.26. The molecule has 0 bridgehead atoms. The highest BCUT2D eigenvalue weighted by Crippen LogP contribution is 2.12. The van der Waals surface area contributed by atoms with E-state index in [1.54, 1.807) is 42.5 Å². The number of nitrogens with zero attached hydrogens (tertiary/aromatic N) is 1. The van der Waals surface area contributed by atoms with Crippen LogP contribution in [0, 0.1) is 0 Å². The number of aromatic hydroxyl groups is 1. The molecule has 0 saturated heterocycles. The number of aliphatic imine (C=N–C) groups is 1. The van der Waals surface area contributed by atoms with Crippen molar-refractivity contribution < 1.29 is 39.0 Å². The summed E-state index contributed by atoms with van der Waals surface area (Å²) in [7, 11) is 0. The van der Waals surface area contributed by atoms with Gasteiger partial charge in [0.15, 0.2) is 5.96 Å². The molecule has 0 spiro atoms. The van der Waals surface area contributed by atoms with Gasteiger partial charge in [-0.2, -0.15) is 0 Å². The quantitative estimate of drug-likeness (QED) is 0.0482. The molecule has 0 aromatic heterocycles. The van der Waals surface area contributed by atoms with Crippen molar-refractivity contribution in [2.45, 2.75) is 69.6 Å². The van der Waals surface area contributed by atoms with E-state index in [4.69, 9.17) is 17.2 Å². The minimum Gasteiger partial charge on any atom is -0.508 e. The van der Waals surface area contributed by atoms with Crippen LogP contribution >= 0.6 is 0 Å². The number of primary amides is 1. The van der Waals surface area contributed by atoms with Gasteiger partial charge in [0, 0.05) is 32.7 Å². The molecule has 0 unspecified atom stereocenters. The Hall–Kier alpha value is -5.67. The Morgan fingerprint density at radius 1 is 0.702 bits per heavy atom. The number of hydrogen-bond acceptors (Lipinski definition) is 8. The van der Waals surface area contributed by atoms with E-state index in [2.05, 4.69) is 26.3 Å². The number of phenols is 1. The molecule has 5 amide bonds. The summed E-state index contributed by atoms with van der Waals surface area (Å²) in [6.45, 7) is 1.39. The van der Waals surface area contributed by atoms with Crippen molar-refractivity contribution in [1.82, 2.24) is 21.3 Å². The Kier molecular flexibility index (Phi) is 15.2. The molecule has 16 nitrogen and oxygen atoms in total. The molecule has 0 aliphatic carbocycles. The Morgan fingerprint density at radius 3 is 1.74 bits per heavy atom. The molecule has 2 rings (SSSR count). The minimum absolute atomic E-state index is 0.00173. The van der Waals surface area contributed by atoms with Gasteiger partial charge in [0.2, 0.25) is 29.5 Å². The van der Waals surface area contributed by atoms with Crippen LogP contribution in [0.3, 0.4) is 0 Å². The summed E-state index contributed by atoms with van der Waals surface area (Å²) in [4.78, 5) is 79.7. The summed E-state index contributed by atoms with van der Waals surface area (Å²) < 4.78 is 0. The van der Waals surface area contributed by atoms with Crippen LogP contribution in [-0.2, 0) is 41.6 Å². The summed E-state index contributed by atoms with van der Waals surface area (Å²) >= 11 is 0. The maximum absolute atomic E-state index is 13.6. The molecule has 0 heterocycles. The van der Waals surface area contributed by atoms with E-state index in [0.29, 0.717) is 17.5 Å². The fourth-order valence-electron chi connectivity index (χ4n) is 4.52. The SMILES string of the molecule is CC(=O)N[C@@H](Cc1ccc(O)cc1)C(=O)N[C@@H](CCC(=O)O)C(=O)N[C@@H](Cc1ccccc1)C(=O)N[C@@H](CCCN=C(N)N)C(N)=O. The summed E-state index contributed by atoms with van der Waals surface area (Å²) in [5.41, 5.74) is 17.4. The van der Waals surface area contributed by atoms with E-state index in [1.165, 1.54) is 19.1 Å². The van der Waals surface area contributed by atoms with Gasteiger partial charge in [-0.25, -0.2) is 0 Å². The highest BCUT2D eigenvalue weighted by atomic mass is 16.4. The summed E-state index contributed by atoms with van der Waals surface area (Å²) in [6.07, 6.45) is -0.455. The van der Waals surface area contributed by atoms with Crippen LogP contribution in [0.1, 0.15) is 43.7 Å². The largest absolute Gasteiger partial charge is 0.508 e. The van der Waals surface area contributed by atoms with Gasteiger partial charge in [0.05, 0.1) is 0 Å². The monoisotopic (exact) mass is 654 g/mol. The van der Waals surface area contributed by atoms with Crippen LogP contribution in [0.5, 0.6) is 5.75 Å². The number of benzene rings is 2. The number of carboxylic acid groups (broad SMARTS) is 1. The second-order valence-corrected chi connectivity index (χ2v) is 10.8. The van der Waals surface area contributed by atoms with E-state index in [1.807, 2.05) is 0 Å². The number of carbonyl (C=O) groups excluding carboxylic acids is 5. The molecule has 4 atom stereocenters. The van der Waals surface area contributed by atoms with Crippen LogP contribution < -0.4 is 38.5 Å². The molecule has 0 aliphatic rings. The van der Waals surface area contributed by atoms with Gasteiger partial charge in [-0.15, -0.1) is 0 Å². The second-order valence-electron chi connectivity index (χ2n) is 10.8. The zero-order valence-corrected chi connectivity index (χ0v) is 26.0. The van der Waals surface area contributed by atoms with Crippen LogP contribution in [0.15, 0.2) is 59.6 Å². The number of amides is 5. The fourth-order valence-corrected chi connectivity index (χ4v) is 4.52. The van der Waals surface area contributed by atoms with Crippen LogP contribution in [0.25, 0.3) is 0 Å². The number of carboxylic acids is 1. The van der Waals surface area contributed by atoms with Gasteiger partial charge in [0.1, 0.15) is 29.9 Å². The lowest BCUT2D eigenvalue weighted by atomic mass is 10.0. The summed E-state index contributed by atoms with van der Waals surface area (Å²) in [5.74, 6) is -5.12. The average Bonchev–Trinajstić information content (AvgIpc) is 3.00. The zero-order chi connectivity index (χ0) is 34.9. The second kappa shape index (κ2) is 19.0. The Morgan fingerprint density at radius 2 is 1.21 bits per heavy atom. The number of aliphatic carboxylic acids is 1. The zero-order valence-electron chi connectivity index (χ0n) is 26.0. The fraction of sp³-hybridized carbons (Fsp3) is 0.387. The number of nitrogens with one attached hydrogen (secondary N) is 4. The smallest absolute Gasteiger partial charge is 0.303 e. The van der Waals surface area contributed by atoms with Crippen LogP contribution in [-0.4, -0.2) is 82.4 Å². The van der Waals surface area contributed by atoms with Gasteiger partial charge in [0.25, 0.3) is 0 Å². The average molecular weight is 655 g/mol. The topological polar surface area (TPSA) is 281 Å². The van der Waals surface area contributed by atoms with Gasteiger partial charge in [-0.3, -0.25) is 33.8 Å². The lowest BCUT2D eigenvalue weighted by Crippen LogP contribution is -2.58. The highest BCUT2D eigenvalue weighted by molar-refractivity contribution is 5.95. The number of carbonyl (C=O) groups is 6. The molecule has 2 aromatic rings. The van der Waals surface area contributed by atoms with Crippen molar-refractivity contribution in [2.24, 2.45) is 22.2 Å². The van der Waals surface area contributed by atoms with Gasteiger partial charge < -0.3 is 48.7 Å². The first-order valence-corrected chi connectivity index (χ1v) is 14.8. The number of guanidine groups is 1. The number of hydrogen-bond donors (Lipinski definition) is 9. The predicted octanol–water partition coefficient (Wildman–Crippen LogP) is -1.46. The van der Waals surface area contributed by atoms with Crippen molar-refractivity contribution in [2.75, 3.05) is 6.54 Å². The molecule has 0 aliphatic heterocycles. The molecule has 47 heavy (non-hydrogen) atoms. The molecule has 0 saturated carbocycles. The van der Waals surface area contributed by atoms with E-state index in [0.717, 1.165) is 0 Å². The van der Waals surface area contributed by atoms with E-state index < -0.39 is 66.1 Å². The summed E-state index contributed by atoms with van der Waals surface area (Å²) in [5, 5.41) is 29.0. The van der Waals surface area contributed by atoms with Crippen molar-refractivity contribution in [3.63, 3.8) is 0 Å². The number of phenolic OH excluding ortho intramolecular Hbond substituents is 1. The maximum atomic E-state index is 13.6. The van der Waals surface area contributed by atoms with Crippen LogP contribution in [0.4, 0.5) is 0 Å². The molecular weight excluding hydrogens is 612 g/mol. The van der Waals surface area contributed by atoms with E-state index in [9.17, 15) is 39.0 Å². The first kappa shape index (κ1) is 37.5. The Bertz CT molecular complexity index is 1410. The van der Waals surface area contributed by atoms with Crippen LogP contribution in [0.2, 0.25) is 0 Å². The summed E-state index contributed by atoms with van der Waals surface area (Å²) in [6, 6.07) is 9.62. The van der Waals surface area contributed by atoms with Crippen molar-refractivity contribution >= 4 is 41.5 Å². The van der Waals surface area contributed by atoms with Gasteiger partial charge >= 0.3 is 5.97 Å². The number of nitrogens with two attached hydrogens (primary N) is 3. The third kappa shape index (κ3) is 14.3. The Balaban J connectivity index is 2.29. The molecule has 254 valence electrons. The molecule has 16 heteroatoms. The standard InChI is InChI=1S/C31H42N8O8/c1-18(40)36-24(17-20-9-11-21(41)12-10-20)29(46)38-23(13-14-26(42)43)28(45)39-25(16-19-6-3-2-4-7-19)30(47)37-22(27(32)44)8-5-15-35-31(33)34/h2-4,6-7,9-12,22-25,41H,5,8,13-17H2,1H3,(H2,32,44)(H,36,40)(H,37,47)(H,38,46)(H,39,45)(H,42,43)(H4,33,34,35)/t22-,23-,24-,25-/m0/s1. The van der Waals surface area contributed by atoms with Crippen molar-refractivity contribution in [3.05, 3.63) is 65.7 Å². The van der Waals surface area contributed by atoms with E-state index in [-0.39, 0.29) is 43.9 Å². The molecule has 0 radical (unpaired) electrons. The van der Waals surface area contributed by atoms with Gasteiger partial charge in [-0.1, -0.05) is 42.5 Å². The number of rotatable bonds is 19. The van der Waals surface area contributed by atoms with Crippen molar-refractivity contribution in [1.29, 1.82) is 0 Å². The molecule has 12 N–H and O–H groups in total. The van der Waals surface area contributed by atoms with E-state index >= 15 is 0 Å². The third-order valence-corrected chi connectivity index (χ3v) is 6.87. The first-order chi connectivity index (χ1) is 22.2. The normalized spacial score (nSPS) is 13.1. The third-order valence-electron chi connectivity index (χ3n) is 6.87. The predicted molar refractivity (Wildman–Crippen MR) is 171 cm³/mol. The van der Waals surface area contributed by atoms with Crippen molar-refractivity contribution in [3.8, 4) is 5.75 Å². The minimum atomic E-state index is -1.42. The Labute approximate surface area is 271 Å². The maximum Gasteiger partial charge on any atom is 0.303 e. The molecule has 0 fully saturated rings.